The summed E-state index contributed by atoms with van der Waals surface area (Å²) in [5, 5.41) is 6.69. The number of rotatable bonds is 4. The average Bonchev–Trinajstić information content (AvgIpc) is 2.43. The highest BCUT2D eigenvalue weighted by atomic mass is 15.2. The van der Waals surface area contributed by atoms with Crippen molar-refractivity contribution in [1.82, 2.24) is 15.3 Å². The Bertz CT molecular complexity index is 412. The second kappa shape index (κ2) is 5.74. The van der Waals surface area contributed by atoms with Crippen LogP contribution in [-0.2, 0) is 0 Å². The van der Waals surface area contributed by atoms with E-state index in [4.69, 9.17) is 0 Å². The zero-order valence-electron chi connectivity index (χ0n) is 11.6. The van der Waals surface area contributed by atoms with E-state index in [-0.39, 0.29) is 0 Å². The van der Waals surface area contributed by atoms with Gasteiger partial charge in [0.1, 0.15) is 18.0 Å². The molecule has 0 spiro atoms. The summed E-state index contributed by atoms with van der Waals surface area (Å²) in [5.41, 5.74) is 0. The first-order valence-electron chi connectivity index (χ1n) is 7.35. The number of hydrogen-bond acceptors (Lipinski definition) is 5. The first-order chi connectivity index (χ1) is 9.33. The first kappa shape index (κ1) is 12.7. The standard InChI is InChI=1S/C14H23N5/c1-19(12-5-3-2-4-6-12)14-7-13(16-10-17-14)18-11-8-15-9-11/h7,10-12,15H,2-6,8-9H2,1H3,(H,16,17,18). The van der Waals surface area contributed by atoms with Crippen LogP contribution in [0.4, 0.5) is 11.6 Å². The molecule has 0 aromatic carbocycles. The van der Waals surface area contributed by atoms with Gasteiger partial charge in [-0.15, -0.1) is 0 Å². The van der Waals surface area contributed by atoms with E-state index in [1.807, 2.05) is 0 Å². The van der Waals surface area contributed by atoms with Gasteiger partial charge in [-0.3, -0.25) is 0 Å². The van der Waals surface area contributed by atoms with Crippen molar-refractivity contribution in [2.45, 2.75) is 44.2 Å². The fourth-order valence-electron chi connectivity index (χ4n) is 2.87. The van der Waals surface area contributed by atoms with E-state index in [9.17, 15) is 0 Å². The van der Waals surface area contributed by atoms with Gasteiger partial charge in [0.05, 0.1) is 6.04 Å². The maximum absolute atomic E-state index is 4.42. The summed E-state index contributed by atoms with van der Waals surface area (Å²) in [5.74, 6) is 1.98. The van der Waals surface area contributed by atoms with Gasteiger partial charge >= 0.3 is 0 Å². The van der Waals surface area contributed by atoms with E-state index in [0.717, 1.165) is 24.7 Å². The molecule has 2 fully saturated rings. The minimum Gasteiger partial charge on any atom is -0.365 e. The Hall–Kier alpha value is -1.36. The molecule has 0 radical (unpaired) electrons. The second-order valence-electron chi connectivity index (χ2n) is 5.66. The average molecular weight is 261 g/mol. The van der Waals surface area contributed by atoms with Crippen LogP contribution in [0.3, 0.4) is 0 Å². The molecule has 2 aliphatic rings. The summed E-state index contributed by atoms with van der Waals surface area (Å²) >= 11 is 0. The van der Waals surface area contributed by atoms with Crippen molar-refractivity contribution in [3.05, 3.63) is 12.4 Å². The lowest BCUT2D eigenvalue weighted by Gasteiger charge is -2.32. The summed E-state index contributed by atoms with van der Waals surface area (Å²) in [6.07, 6.45) is 8.32. The Labute approximate surface area is 114 Å². The lowest BCUT2D eigenvalue weighted by Crippen LogP contribution is -2.51. The molecule has 19 heavy (non-hydrogen) atoms. The fraction of sp³-hybridized carbons (Fsp3) is 0.714. The van der Waals surface area contributed by atoms with Crippen molar-refractivity contribution < 1.29 is 0 Å². The highest BCUT2D eigenvalue weighted by Crippen LogP contribution is 2.25. The maximum atomic E-state index is 4.42. The van der Waals surface area contributed by atoms with Crippen LogP contribution < -0.4 is 15.5 Å². The van der Waals surface area contributed by atoms with E-state index < -0.39 is 0 Å². The van der Waals surface area contributed by atoms with E-state index >= 15 is 0 Å². The van der Waals surface area contributed by atoms with Gasteiger partial charge in [0.2, 0.25) is 0 Å². The van der Waals surface area contributed by atoms with Gasteiger partial charge in [-0.05, 0) is 12.8 Å². The molecule has 0 unspecified atom stereocenters. The Kier molecular flexibility index (Phi) is 3.82. The monoisotopic (exact) mass is 261 g/mol. The topological polar surface area (TPSA) is 53.1 Å². The Balaban J connectivity index is 1.66. The van der Waals surface area contributed by atoms with Crippen LogP contribution in [0.2, 0.25) is 0 Å². The van der Waals surface area contributed by atoms with Crippen molar-refractivity contribution in [3.63, 3.8) is 0 Å². The molecular formula is C14H23N5. The molecule has 104 valence electrons. The second-order valence-corrected chi connectivity index (χ2v) is 5.66. The molecule has 1 saturated heterocycles. The molecule has 1 aromatic rings. The molecule has 1 saturated carbocycles. The third-order valence-electron chi connectivity index (χ3n) is 4.27. The van der Waals surface area contributed by atoms with Crippen molar-refractivity contribution in [2.24, 2.45) is 0 Å². The molecule has 1 aliphatic heterocycles. The molecule has 5 nitrogen and oxygen atoms in total. The molecule has 0 amide bonds. The molecule has 5 heteroatoms. The van der Waals surface area contributed by atoms with Crippen LogP contribution in [0.15, 0.2) is 12.4 Å². The SMILES string of the molecule is CN(c1cc(NC2CNC2)ncn1)C1CCCCC1. The number of hydrogen-bond donors (Lipinski definition) is 2. The number of nitrogens with one attached hydrogen (secondary N) is 2. The van der Waals surface area contributed by atoms with E-state index in [1.165, 1.54) is 32.1 Å². The van der Waals surface area contributed by atoms with Crippen LogP contribution in [0.1, 0.15) is 32.1 Å². The minimum atomic E-state index is 0.516. The predicted molar refractivity (Wildman–Crippen MR) is 77.6 cm³/mol. The van der Waals surface area contributed by atoms with Crippen LogP contribution in [0.25, 0.3) is 0 Å². The molecule has 0 atom stereocenters. The number of aromatic nitrogens is 2. The lowest BCUT2D eigenvalue weighted by molar-refractivity contribution is 0.426. The van der Waals surface area contributed by atoms with Crippen molar-refractivity contribution in [1.29, 1.82) is 0 Å². The van der Waals surface area contributed by atoms with Gasteiger partial charge in [0.15, 0.2) is 0 Å². The third-order valence-corrected chi connectivity index (χ3v) is 4.27. The quantitative estimate of drug-likeness (QED) is 0.863. The third kappa shape index (κ3) is 2.97. The van der Waals surface area contributed by atoms with E-state index in [1.54, 1.807) is 6.33 Å². The zero-order chi connectivity index (χ0) is 13.1. The molecule has 2 heterocycles. The summed E-state index contributed by atoms with van der Waals surface area (Å²) in [6, 6.07) is 3.23. The lowest BCUT2D eigenvalue weighted by atomic mass is 9.94. The normalized spacial score (nSPS) is 20.9. The maximum Gasteiger partial charge on any atom is 0.134 e. The minimum absolute atomic E-state index is 0.516. The molecule has 0 bridgehead atoms. The van der Waals surface area contributed by atoms with E-state index in [2.05, 4.69) is 38.6 Å². The summed E-state index contributed by atoms with van der Waals surface area (Å²) in [6.45, 7) is 2.05. The van der Waals surface area contributed by atoms with Gasteiger partial charge in [-0.2, -0.15) is 0 Å². The molecule has 3 rings (SSSR count). The van der Waals surface area contributed by atoms with Crippen molar-refractivity contribution >= 4 is 11.6 Å². The summed E-state index contributed by atoms with van der Waals surface area (Å²) in [4.78, 5) is 11.1. The van der Waals surface area contributed by atoms with Gasteiger partial charge < -0.3 is 15.5 Å². The van der Waals surface area contributed by atoms with Crippen molar-refractivity contribution in [3.8, 4) is 0 Å². The van der Waals surface area contributed by atoms with Crippen LogP contribution >= 0.6 is 0 Å². The first-order valence-corrected chi connectivity index (χ1v) is 7.35. The van der Waals surface area contributed by atoms with Gasteiger partial charge in [0, 0.05) is 32.2 Å². The van der Waals surface area contributed by atoms with Crippen LogP contribution in [-0.4, -0.2) is 42.2 Å². The highest BCUT2D eigenvalue weighted by Gasteiger charge is 2.20. The fourth-order valence-corrected chi connectivity index (χ4v) is 2.87. The molecule has 1 aliphatic carbocycles. The Morgan fingerprint density at radius 3 is 2.68 bits per heavy atom. The summed E-state index contributed by atoms with van der Waals surface area (Å²) < 4.78 is 0. The van der Waals surface area contributed by atoms with Gasteiger partial charge in [-0.1, -0.05) is 19.3 Å². The highest BCUT2D eigenvalue weighted by molar-refractivity contribution is 5.49. The Morgan fingerprint density at radius 2 is 2.00 bits per heavy atom. The van der Waals surface area contributed by atoms with Gasteiger partial charge in [-0.25, -0.2) is 9.97 Å². The van der Waals surface area contributed by atoms with Gasteiger partial charge in [0.25, 0.3) is 0 Å². The zero-order valence-corrected chi connectivity index (χ0v) is 11.6. The van der Waals surface area contributed by atoms with Crippen LogP contribution in [0, 0.1) is 0 Å². The smallest absolute Gasteiger partial charge is 0.134 e. The van der Waals surface area contributed by atoms with Crippen LogP contribution in [0.5, 0.6) is 0 Å². The molecule has 1 aromatic heterocycles. The largest absolute Gasteiger partial charge is 0.365 e. The Morgan fingerprint density at radius 1 is 1.21 bits per heavy atom. The van der Waals surface area contributed by atoms with Crippen molar-refractivity contribution in [2.75, 3.05) is 30.4 Å². The van der Waals surface area contributed by atoms with E-state index in [0.29, 0.717) is 12.1 Å². The summed E-state index contributed by atoms with van der Waals surface area (Å²) in [7, 11) is 2.16. The molecular weight excluding hydrogens is 238 g/mol. The number of anilines is 2. The predicted octanol–water partition coefficient (Wildman–Crippen LogP) is 1.63. The number of nitrogens with zero attached hydrogens (tertiary/aromatic N) is 3. The molecule has 2 N–H and O–H groups in total.